The fourth-order valence-corrected chi connectivity index (χ4v) is 3.27. The van der Waals surface area contributed by atoms with Crippen LogP contribution in [0.3, 0.4) is 0 Å². The number of hydrogen-bond donors (Lipinski definition) is 3. The Hall–Kier alpha value is -1.89. The number of carbonyl (C=O) groups is 2. The molecule has 2 aromatic rings. The molecule has 0 aliphatic carbocycles. The molecule has 1 aromatic heterocycles. The summed E-state index contributed by atoms with van der Waals surface area (Å²) in [7, 11) is 0. The van der Waals surface area contributed by atoms with E-state index in [-0.39, 0.29) is 24.9 Å². The van der Waals surface area contributed by atoms with Gasteiger partial charge in [0.2, 0.25) is 0 Å². The van der Waals surface area contributed by atoms with Crippen molar-refractivity contribution in [3.63, 3.8) is 0 Å². The standard InChI is InChI=1S/C18H22ClN3O2S/c1-3-22(11-17(23)20-10-14-5-4-8-25-14)12-18(24)21-16-7-6-13(2)9-15(16)19/h4-9H,3,10-12H2,1-2H3,(H,20,23)(H,21,24)/p+1. The Labute approximate surface area is 157 Å². The third kappa shape index (κ3) is 6.49. The van der Waals surface area contributed by atoms with Crippen molar-refractivity contribution in [2.24, 2.45) is 0 Å². The third-order valence-electron chi connectivity index (χ3n) is 3.76. The molecule has 0 spiro atoms. The van der Waals surface area contributed by atoms with Crippen LogP contribution in [0.5, 0.6) is 0 Å². The maximum Gasteiger partial charge on any atom is 0.279 e. The normalized spacial score (nSPS) is 11.8. The Morgan fingerprint density at radius 2 is 1.96 bits per heavy atom. The van der Waals surface area contributed by atoms with Gasteiger partial charge in [-0.05, 0) is 43.0 Å². The zero-order chi connectivity index (χ0) is 18.2. The molecule has 1 unspecified atom stereocenters. The summed E-state index contributed by atoms with van der Waals surface area (Å²) in [6.45, 7) is 5.58. The van der Waals surface area contributed by atoms with E-state index in [2.05, 4.69) is 10.6 Å². The van der Waals surface area contributed by atoms with Crippen LogP contribution in [0.1, 0.15) is 17.4 Å². The molecular weight excluding hydrogens is 358 g/mol. The van der Waals surface area contributed by atoms with Crippen molar-refractivity contribution in [1.82, 2.24) is 5.32 Å². The number of amides is 2. The average Bonchev–Trinajstić information content (AvgIpc) is 3.08. The summed E-state index contributed by atoms with van der Waals surface area (Å²) in [6, 6.07) is 9.42. The van der Waals surface area contributed by atoms with Gasteiger partial charge in [-0.2, -0.15) is 0 Å². The summed E-state index contributed by atoms with van der Waals surface area (Å²) in [4.78, 5) is 26.3. The van der Waals surface area contributed by atoms with E-state index in [1.54, 1.807) is 23.5 Å². The summed E-state index contributed by atoms with van der Waals surface area (Å²) in [5, 5.41) is 8.19. The van der Waals surface area contributed by atoms with Crippen LogP contribution in [0.25, 0.3) is 0 Å². The average molecular weight is 381 g/mol. The van der Waals surface area contributed by atoms with Crippen LogP contribution in [0.15, 0.2) is 35.7 Å². The molecule has 2 amide bonds. The number of nitrogens with one attached hydrogen (secondary N) is 3. The Morgan fingerprint density at radius 3 is 2.60 bits per heavy atom. The Morgan fingerprint density at radius 1 is 1.20 bits per heavy atom. The van der Waals surface area contributed by atoms with Crippen LogP contribution >= 0.6 is 22.9 Å². The van der Waals surface area contributed by atoms with Gasteiger partial charge in [-0.15, -0.1) is 11.3 Å². The quantitative estimate of drug-likeness (QED) is 0.654. The lowest BCUT2D eigenvalue weighted by atomic mass is 10.2. The molecule has 3 N–H and O–H groups in total. The summed E-state index contributed by atoms with van der Waals surface area (Å²) in [5.41, 5.74) is 1.63. The first kappa shape index (κ1) is 19.4. The number of halogens is 1. The van der Waals surface area contributed by atoms with Crippen molar-refractivity contribution in [2.75, 3.05) is 25.0 Å². The van der Waals surface area contributed by atoms with E-state index in [1.165, 1.54) is 0 Å². The maximum atomic E-state index is 12.2. The summed E-state index contributed by atoms with van der Waals surface area (Å²) >= 11 is 7.74. The van der Waals surface area contributed by atoms with Crippen LogP contribution < -0.4 is 15.5 Å². The number of rotatable bonds is 8. The SMILES string of the molecule is CC[NH+](CC(=O)NCc1cccs1)CC(=O)Nc1ccc(C)cc1Cl. The Kier molecular flexibility index (Phi) is 7.43. The molecule has 1 aromatic carbocycles. The zero-order valence-corrected chi connectivity index (χ0v) is 16.0. The number of benzene rings is 1. The molecule has 5 nitrogen and oxygen atoms in total. The lowest BCUT2D eigenvalue weighted by Crippen LogP contribution is -3.13. The molecule has 1 heterocycles. The molecule has 0 aliphatic heterocycles. The van der Waals surface area contributed by atoms with Gasteiger partial charge in [0.15, 0.2) is 13.1 Å². The number of anilines is 1. The van der Waals surface area contributed by atoms with Gasteiger partial charge in [0.05, 0.1) is 23.8 Å². The van der Waals surface area contributed by atoms with Gasteiger partial charge in [0, 0.05) is 4.88 Å². The highest BCUT2D eigenvalue weighted by atomic mass is 35.5. The van der Waals surface area contributed by atoms with Crippen molar-refractivity contribution < 1.29 is 14.5 Å². The molecule has 0 fully saturated rings. The Bertz CT molecular complexity index is 719. The van der Waals surface area contributed by atoms with Crippen LogP contribution in [0, 0.1) is 6.92 Å². The van der Waals surface area contributed by atoms with Gasteiger partial charge in [-0.1, -0.05) is 23.7 Å². The Balaban J connectivity index is 1.81. The highest BCUT2D eigenvalue weighted by Crippen LogP contribution is 2.22. The molecular formula is C18H23ClN3O2S+. The number of quaternary nitrogens is 1. The second kappa shape index (κ2) is 9.56. The second-order valence-corrected chi connectivity index (χ2v) is 7.28. The highest BCUT2D eigenvalue weighted by Gasteiger charge is 2.17. The van der Waals surface area contributed by atoms with Crippen LogP contribution in [-0.4, -0.2) is 31.4 Å². The van der Waals surface area contributed by atoms with Gasteiger partial charge in [0.25, 0.3) is 11.8 Å². The first-order chi connectivity index (χ1) is 12.0. The zero-order valence-electron chi connectivity index (χ0n) is 14.4. The van der Waals surface area contributed by atoms with Crippen LogP contribution in [0.4, 0.5) is 5.69 Å². The summed E-state index contributed by atoms with van der Waals surface area (Å²) in [6.07, 6.45) is 0. The van der Waals surface area contributed by atoms with E-state index in [0.29, 0.717) is 23.8 Å². The van der Waals surface area contributed by atoms with E-state index >= 15 is 0 Å². The van der Waals surface area contributed by atoms with Gasteiger partial charge >= 0.3 is 0 Å². The van der Waals surface area contributed by atoms with Crippen molar-refractivity contribution in [1.29, 1.82) is 0 Å². The number of thiophene rings is 1. The summed E-state index contributed by atoms with van der Waals surface area (Å²) in [5.74, 6) is -0.222. The lowest BCUT2D eigenvalue weighted by molar-refractivity contribution is -0.881. The molecule has 0 aliphatic rings. The highest BCUT2D eigenvalue weighted by molar-refractivity contribution is 7.09. The number of hydrogen-bond acceptors (Lipinski definition) is 3. The van der Waals surface area contributed by atoms with Crippen molar-refractivity contribution in [3.8, 4) is 0 Å². The molecule has 0 saturated heterocycles. The van der Waals surface area contributed by atoms with E-state index in [0.717, 1.165) is 15.3 Å². The van der Waals surface area contributed by atoms with Crippen LogP contribution in [0.2, 0.25) is 5.02 Å². The second-order valence-electron chi connectivity index (χ2n) is 5.84. The lowest BCUT2D eigenvalue weighted by Gasteiger charge is -2.17. The topological polar surface area (TPSA) is 62.6 Å². The minimum Gasteiger partial charge on any atom is -0.346 e. The molecule has 0 saturated carbocycles. The van der Waals surface area contributed by atoms with Gasteiger partial charge in [0.1, 0.15) is 0 Å². The van der Waals surface area contributed by atoms with Crippen molar-refractivity contribution in [3.05, 3.63) is 51.2 Å². The third-order valence-corrected chi connectivity index (χ3v) is 4.95. The minimum atomic E-state index is -0.159. The van der Waals surface area contributed by atoms with Crippen molar-refractivity contribution >= 4 is 40.4 Å². The number of carbonyl (C=O) groups excluding carboxylic acids is 2. The van der Waals surface area contributed by atoms with Crippen LogP contribution in [-0.2, 0) is 16.1 Å². The first-order valence-electron chi connectivity index (χ1n) is 8.16. The molecule has 25 heavy (non-hydrogen) atoms. The minimum absolute atomic E-state index is 0.0635. The molecule has 1 atom stereocenters. The van der Waals surface area contributed by atoms with Gasteiger partial charge in [-0.3, -0.25) is 9.59 Å². The maximum absolute atomic E-state index is 12.2. The molecule has 7 heteroatoms. The smallest absolute Gasteiger partial charge is 0.279 e. The predicted molar refractivity (Wildman–Crippen MR) is 102 cm³/mol. The molecule has 134 valence electrons. The fourth-order valence-electron chi connectivity index (χ4n) is 2.34. The fraction of sp³-hybridized carbons (Fsp3) is 0.333. The van der Waals surface area contributed by atoms with E-state index in [4.69, 9.17) is 11.6 Å². The number of likely N-dealkylation sites (N-methyl/N-ethyl adjacent to an activating group) is 1. The van der Waals surface area contributed by atoms with E-state index in [9.17, 15) is 9.59 Å². The molecule has 0 radical (unpaired) electrons. The van der Waals surface area contributed by atoms with Gasteiger partial charge in [-0.25, -0.2) is 0 Å². The van der Waals surface area contributed by atoms with E-state index in [1.807, 2.05) is 37.4 Å². The monoisotopic (exact) mass is 380 g/mol. The summed E-state index contributed by atoms with van der Waals surface area (Å²) < 4.78 is 0. The first-order valence-corrected chi connectivity index (χ1v) is 9.42. The molecule has 0 bridgehead atoms. The van der Waals surface area contributed by atoms with Gasteiger partial charge < -0.3 is 15.5 Å². The largest absolute Gasteiger partial charge is 0.346 e. The van der Waals surface area contributed by atoms with E-state index < -0.39 is 0 Å². The van der Waals surface area contributed by atoms with Crippen molar-refractivity contribution in [2.45, 2.75) is 20.4 Å². The predicted octanol–water partition coefficient (Wildman–Crippen LogP) is 1.87. The molecule has 2 rings (SSSR count). The number of aryl methyl sites for hydroxylation is 1.